The molecule has 0 bridgehead atoms. The van der Waals surface area contributed by atoms with E-state index in [1.807, 2.05) is 6.07 Å². The second-order valence-electron chi connectivity index (χ2n) is 8.00. The molecule has 31 heavy (non-hydrogen) atoms. The Kier molecular flexibility index (Phi) is 4.66. The number of nitrogens with one attached hydrogen (secondary N) is 1. The van der Waals surface area contributed by atoms with Crippen molar-refractivity contribution in [3.63, 3.8) is 0 Å². The second-order valence-corrected chi connectivity index (χ2v) is 8.00. The molecule has 1 saturated heterocycles. The summed E-state index contributed by atoms with van der Waals surface area (Å²) < 4.78 is 18.4. The van der Waals surface area contributed by atoms with E-state index in [1.54, 1.807) is 37.5 Å². The second kappa shape index (κ2) is 7.38. The van der Waals surface area contributed by atoms with Crippen LogP contribution in [0, 0.1) is 0 Å². The molecule has 1 amide bonds. The number of likely N-dealkylation sites (N-methyl/N-ethyl adjacent to an activating group) is 1. The number of amides is 1. The van der Waals surface area contributed by atoms with Gasteiger partial charge in [0.1, 0.15) is 11.9 Å². The van der Waals surface area contributed by atoms with Crippen LogP contribution in [0.15, 0.2) is 41.1 Å². The van der Waals surface area contributed by atoms with Gasteiger partial charge >= 0.3 is 0 Å². The van der Waals surface area contributed by atoms with Crippen molar-refractivity contribution in [3.05, 3.63) is 42.3 Å². The van der Waals surface area contributed by atoms with Gasteiger partial charge < -0.3 is 19.8 Å². The van der Waals surface area contributed by atoms with Crippen molar-refractivity contribution in [2.45, 2.75) is 37.1 Å². The first-order chi connectivity index (χ1) is 14.9. The summed E-state index contributed by atoms with van der Waals surface area (Å²) >= 11 is 0. The number of alkyl halides is 1. The molecule has 1 unspecified atom stereocenters. The molecule has 1 atom stereocenters. The van der Waals surface area contributed by atoms with E-state index in [9.17, 15) is 14.3 Å². The summed E-state index contributed by atoms with van der Waals surface area (Å²) in [5, 5.41) is 17.9. The lowest BCUT2D eigenvalue weighted by atomic mass is 9.91. The van der Waals surface area contributed by atoms with Gasteiger partial charge in [0, 0.05) is 38.3 Å². The lowest BCUT2D eigenvalue weighted by Crippen LogP contribution is -2.37. The van der Waals surface area contributed by atoms with E-state index in [4.69, 9.17) is 4.52 Å². The Morgan fingerprint density at radius 2 is 1.94 bits per heavy atom. The molecule has 9 nitrogen and oxygen atoms in total. The average Bonchev–Trinajstić information content (AvgIpc) is 3.36. The summed E-state index contributed by atoms with van der Waals surface area (Å²) in [5.41, 5.74) is 0.418. The third kappa shape index (κ3) is 3.52. The molecule has 10 heteroatoms. The molecular formula is C21H21FN6O3. The van der Waals surface area contributed by atoms with E-state index in [2.05, 4.69) is 25.4 Å². The molecule has 0 aromatic carbocycles. The predicted octanol–water partition coefficient (Wildman–Crippen LogP) is 2.16. The number of nitrogens with zero attached hydrogens (tertiary/aromatic N) is 5. The number of pyridine rings is 1. The molecule has 2 aliphatic rings. The molecule has 3 aromatic heterocycles. The van der Waals surface area contributed by atoms with Gasteiger partial charge in [0.05, 0.1) is 17.1 Å². The summed E-state index contributed by atoms with van der Waals surface area (Å²) in [7, 11) is 1.63. The normalized spacial score (nSPS) is 25.5. The number of carbonyl (C=O) groups is 1. The van der Waals surface area contributed by atoms with Crippen LogP contribution < -0.4 is 5.32 Å². The molecular weight excluding hydrogens is 403 g/mol. The van der Waals surface area contributed by atoms with Gasteiger partial charge in [-0.3, -0.25) is 4.79 Å². The van der Waals surface area contributed by atoms with Gasteiger partial charge in [-0.2, -0.15) is 0 Å². The molecule has 5 rings (SSSR count). The smallest absolute Gasteiger partial charge is 0.262 e. The van der Waals surface area contributed by atoms with Crippen molar-refractivity contribution in [2.75, 3.05) is 18.9 Å². The van der Waals surface area contributed by atoms with Crippen LogP contribution in [0.3, 0.4) is 0 Å². The number of hydrogen-bond donors (Lipinski definition) is 2. The minimum Gasteiger partial charge on any atom is -0.373 e. The first-order valence-electron chi connectivity index (χ1n) is 10.1. The number of aliphatic hydroxyl groups is 1. The predicted molar refractivity (Wildman–Crippen MR) is 108 cm³/mol. The largest absolute Gasteiger partial charge is 0.373 e. The lowest BCUT2D eigenvalue weighted by Gasteiger charge is -2.30. The maximum Gasteiger partial charge on any atom is 0.262 e. The zero-order valence-electron chi connectivity index (χ0n) is 16.8. The van der Waals surface area contributed by atoms with Crippen LogP contribution in [0.5, 0.6) is 0 Å². The highest BCUT2D eigenvalue weighted by molar-refractivity contribution is 5.87. The topological polar surface area (TPSA) is 117 Å². The van der Waals surface area contributed by atoms with E-state index in [1.165, 1.54) is 4.90 Å². The van der Waals surface area contributed by atoms with Crippen LogP contribution in [-0.2, 0) is 10.4 Å². The maximum atomic E-state index is 13.0. The number of anilines is 1. The summed E-state index contributed by atoms with van der Waals surface area (Å²) in [6, 6.07) is 8.69. The Bertz CT molecular complexity index is 1130. The van der Waals surface area contributed by atoms with Crippen LogP contribution in [-0.4, -0.2) is 61.8 Å². The third-order valence-corrected chi connectivity index (χ3v) is 5.77. The SMILES string of the molecule is CN1CCC(O)(c2cc(-c3cccc(-c4ccnc(NC5CC(F)C5)n4)n3)no2)C1=O. The first kappa shape index (κ1) is 19.6. The monoisotopic (exact) mass is 424 g/mol. The van der Waals surface area contributed by atoms with Crippen LogP contribution >= 0.6 is 0 Å². The highest BCUT2D eigenvalue weighted by Gasteiger charge is 2.48. The molecule has 4 heterocycles. The van der Waals surface area contributed by atoms with Crippen molar-refractivity contribution < 1.29 is 18.8 Å². The Hall–Kier alpha value is -3.40. The Labute approximate surface area is 177 Å². The Balaban J connectivity index is 1.39. The Morgan fingerprint density at radius 3 is 2.65 bits per heavy atom. The first-order valence-corrected chi connectivity index (χ1v) is 10.1. The summed E-state index contributed by atoms with van der Waals surface area (Å²) in [6.07, 6.45) is 2.02. The van der Waals surface area contributed by atoms with Crippen LogP contribution in [0.25, 0.3) is 22.8 Å². The van der Waals surface area contributed by atoms with E-state index in [0.29, 0.717) is 48.1 Å². The van der Waals surface area contributed by atoms with Gasteiger partial charge in [-0.1, -0.05) is 11.2 Å². The fraction of sp³-hybridized carbons (Fsp3) is 0.381. The number of halogens is 1. The van der Waals surface area contributed by atoms with Crippen molar-refractivity contribution in [1.82, 2.24) is 25.0 Å². The minimum absolute atomic E-state index is 0.0428. The zero-order valence-corrected chi connectivity index (χ0v) is 16.8. The fourth-order valence-corrected chi connectivity index (χ4v) is 3.81. The van der Waals surface area contributed by atoms with E-state index in [-0.39, 0.29) is 18.2 Å². The molecule has 3 aromatic rings. The average molecular weight is 424 g/mol. The van der Waals surface area contributed by atoms with Crippen LogP contribution in [0.1, 0.15) is 25.0 Å². The van der Waals surface area contributed by atoms with Crippen molar-refractivity contribution in [2.24, 2.45) is 0 Å². The van der Waals surface area contributed by atoms with Crippen molar-refractivity contribution in [3.8, 4) is 22.8 Å². The lowest BCUT2D eigenvalue weighted by molar-refractivity contribution is -0.144. The standard InChI is InChI=1S/C21H21FN6O3/c1-28-8-6-21(30,19(28)29)18-11-17(27-31-18)15-4-2-3-14(25-15)16-5-7-23-20(26-16)24-13-9-12(22)10-13/h2-5,7,11-13,30H,6,8-10H2,1H3,(H,23,24,26). The van der Waals surface area contributed by atoms with E-state index in [0.717, 1.165) is 0 Å². The molecule has 2 fully saturated rings. The van der Waals surface area contributed by atoms with Gasteiger partial charge in [0.2, 0.25) is 11.5 Å². The third-order valence-electron chi connectivity index (χ3n) is 5.77. The molecule has 1 aliphatic heterocycles. The van der Waals surface area contributed by atoms with Gasteiger partial charge in [-0.15, -0.1) is 0 Å². The maximum absolute atomic E-state index is 13.0. The molecule has 0 radical (unpaired) electrons. The van der Waals surface area contributed by atoms with Gasteiger partial charge in [-0.25, -0.2) is 19.3 Å². The van der Waals surface area contributed by atoms with Gasteiger partial charge in [-0.05, 0) is 31.0 Å². The summed E-state index contributed by atoms with van der Waals surface area (Å²) in [5.74, 6) is 0.115. The number of hydrogen-bond acceptors (Lipinski definition) is 8. The molecule has 2 N–H and O–H groups in total. The van der Waals surface area contributed by atoms with Crippen LogP contribution in [0.2, 0.25) is 0 Å². The van der Waals surface area contributed by atoms with Crippen molar-refractivity contribution in [1.29, 1.82) is 0 Å². The number of likely N-dealkylation sites (tertiary alicyclic amines) is 1. The van der Waals surface area contributed by atoms with E-state index >= 15 is 0 Å². The highest BCUT2D eigenvalue weighted by Crippen LogP contribution is 2.34. The molecule has 1 aliphatic carbocycles. The van der Waals surface area contributed by atoms with Gasteiger partial charge in [0.25, 0.3) is 5.91 Å². The fourth-order valence-electron chi connectivity index (χ4n) is 3.81. The quantitative estimate of drug-likeness (QED) is 0.640. The number of carbonyl (C=O) groups excluding carboxylic acids is 1. The van der Waals surface area contributed by atoms with E-state index < -0.39 is 17.7 Å². The summed E-state index contributed by atoms with van der Waals surface area (Å²) in [4.78, 5) is 27.0. The van der Waals surface area contributed by atoms with Crippen LogP contribution in [0.4, 0.5) is 10.3 Å². The summed E-state index contributed by atoms with van der Waals surface area (Å²) in [6.45, 7) is 0.441. The van der Waals surface area contributed by atoms with Gasteiger partial charge in [0.15, 0.2) is 5.76 Å². The highest BCUT2D eigenvalue weighted by atomic mass is 19.1. The minimum atomic E-state index is -1.70. The molecule has 1 saturated carbocycles. The molecule has 160 valence electrons. The number of aromatic nitrogens is 4. The van der Waals surface area contributed by atoms with Crippen molar-refractivity contribution >= 4 is 11.9 Å². The Morgan fingerprint density at radius 1 is 1.19 bits per heavy atom. The molecule has 0 spiro atoms. The zero-order chi connectivity index (χ0) is 21.6. The number of rotatable bonds is 5.